The third-order valence-electron chi connectivity index (χ3n) is 4.73. The van der Waals surface area contributed by atoms with Gasteiger partial charge in [0, 0.05) is 29.6 Å². The SMILES string of the molecule is Cc1ccc2nc(COc3cccc(NC(=O)c4ccccc4C)c3)cc(=O)n2c1. The highest BCUT2D eigenvalue weighted by Crippen LogP contribution is 2.20. The molecule has 0 saturated carbocycles. The fourth-order valence-corrected chi connectivity index (χ4v) is 3.18. The van der Waals surface area contributed by atoms with Crippen molar-refractivity contribution < 1.29 is 9.53 Å². The number of nitrogens with zero attached hydrogens (tertiary/aromatic N) is 2. The molecule has 0 atom stereocenters. The quantitative estimate of drug-likeness (QED) is 0.547. The number of benzene rings is 2. The molecule has 2 aromatic heterocycles. The molecule has 6 nitrogen and oxygen atoms in total. The summed E-state index contributed by atoms with van der Waals surface area (Å²) in [7, 11) is 0. The summed E-state index contributed by atoms with van der Waals surface area (Å²) in [5, 5.41) is 2.89. The van der Waals surface area contributed by atoms with E-state index in [0.29, 0.717) is 28.3 Å². The number of nitrogens with one attached hydrogen (secondary N) is 1. The third kappa shape index (κ3) is 4.22. The van der Waals surface area contributed by atoms with E-state index < -0.39 is 0 Å². The molecule has 4 rings (SSSR count). The van der Waals surface area contributed by atoms with Gasteiger partial charge in [-0.15, -0.1) is 0 Å². The predicted molar refractivity (Wildman–Crippen MR) is 116 cm³/mol. The normalized spacial score (nSPS) is 10.7. The molecule has 30 heavy (non-hydrogen) atoms. The monoisotopic (exact) mass is 399 g/mol. The number of hydrogen-bond acceptors (Lipinski definition) is 4. The average molecular weight is 399 g/mol. The standard InChI is InChI=1S/C24H21N3O3/c1-16-10-11-22-25-19(13-23(28)27(22)14-16)15-30-20-8-5-7-18(12-20)26-24(29)21-9-4-3-6-17(21)2/h3-14H,15H2,1-2H3,(H,26,29). The lowest BCUT2D eigenvalue weighted by molar-refractivity contribution is 0.102. The summed E-state index contributed by atoms with van der Waals surface area (Å²) in [6, 6.07) is 19.7. The summed E-state index contributed by atoms with van der Waals surface area (Å²) in [6.45, 7) is 3.97. The molecular formula is C24H21N3O3. The molecule has 0 fully saturated rings. The Labute approximate surface area is 173 Å². The smallest absolute Gasteiger partial charge is 0.258 e. The van der Waals surface area contributed by atoms with E-state index in [4.69, 9.17) is 4.74 Å². The molecule has 6 heteroatoms. The number of fused-ring (bicyclic) bond motifs is 1. The van der Waals surface area contributed by atoms with Gasteiger partial charge in [-0.3, -0.25) is 14.0 Å². The Hall–Kier alpha value is -3.93. The molecule has 0 aliphatic heterocycles. The van der Waals surface area contributed by atoms with Crippen molar-refractivity contribution in [1.29, 1.82) is 0 Å². The molecule has 0 spiro atoms. The summed E-state index contributed by atoms with van der Waals surface area (Å²) >= 11 is 0. The number of aromatic nitrogens is 2. The maximum atomic E-state index is 12.5. The van der Waals surface area contributed by atoms with E-state index in [0.717, 1.165) is 11.1 Å². The number of hydrogen-bond donors (Lipinski definition) is 1. The number of rotatable bonds is 5. The lowest BCUT2D eigenvalue weighted by Crippen LogP contribution is -2.16. The molecule has 150 valence electrons. The van der Waals surface area contributed by atoms with Crippen LogP contribution in [-0.4, -0.2) is 15.3 Å². The van der Waals surface area contributed by atoms with Gasteiger partial charge in [0.25, 0.3) is 11.5 Å². The van der Waals surface area contributed by atoms with Gasteiger partial charge in [-0.25, -0.2) is 4.98 Å². The van der Waals surface area contributed by atoms with Crippen molar-refractivity contribution in [1.82, 2.24) is 9.38 Å². The van der Waals surface area contributed by atoms with Gasteiger partial charge in [-0.1, -0.05) is 30.3 Å². The summed E-state index contributed by atoms with van der Waals surface area (Å²) in [5.41, 5.74) is 4.11. The van der Waals surface area contributed by atoms with Crippen molar-refractivity contribution in [3.63, 3.8) is 0 Å². The maximum absolute atomic E-state index is 12.5. The van der Waals surface area contributed by atoms with Gasteiger partial charge in [-0.05, 0) is 49.2 Å². The van der Waals surface area contributed by atoms with Crippen LogP contribution in [0.1, 0.15) is 27.2 Å². The van der Waals surface area contributed by atoms with E-state index in [9.17, 15) is 9.59 Å². The van der Waals surface area contributed by atoms with Gasteiger partial charge >= 0.3 is 0 Å². The molecule has 1 N–H and O–H groups in total. The van der Waals surface area contributed by atoms with Crippen LogP contribution in [0.5, 0.6) is 5.75 Å². The third-order valence-corrected chi connectivity index (χ3v) is 4.73. The van der Waals surface area contributed by atoms with Crippen LogP contribution >= 0.6 is 0 Å². The molecule has 0 aliphatic carbocycles. The van der Waals surface area contributed by atoms with Crippen molar-refractivity contribution in [2.45, 2.75) is 20.5 Å². The molecule has 2 heterocycles. The van der Waals surface area contributed by atoms with E-state index in [1.165, 1.54) is 10.5 Å². The fourth-order valence-electron chi connectivity index (χ4n) is 3.18. The van der Waals surface area contributed by atoms with Gasteiger partial charge in [0.2, 0.25) is 0 Å². The van der Waals surface area contributed by atoms with Gasteiger partial charge in [0.05, 0.1) is 5.69 Å². The van der Waals surface area contributed by atoms with E-state index >= 15 is 0 Å². The fraction of sp³-hybridized carbons (Fsp3) is 0.125. The summed E-state index contributed by atoms with van der Waals surface area (Å²) < 4.78 is 7.32. The maximum Gasteiger partial charge on any atom is 0.258 e. The zero-order valence-electron chi connectivity index (χ0n) is 16.8. The Kier molecular flexibility index (Phi) is 5.30. The Morgan fingerprint density at radius 1 is 1.03 bits per heavy atom. The minimum Gasteiger partial charge on any atom is -0.487 e. The van der Waals surface area contributed by atoms with Crippen LogP contribution in [0.25, 0.3) is 5.65 Å². The average Bonchev–Trinajstić information content (AvgIpc) is 2.73. The van der Waals surface area contributed by atoms with E-state index in [-0.39, 0.29) is 18.1 Å². The Bertz CT molecular complexity index is 1290. The second-order valence-electron chi connectivity index (χ2n) is 7.11. The molecule has 0 aliphatic rings. The molecule has 0 radical (unpaired) electrons. The lowest BCUT2D eigenvalue weighted by Gasteiger charge is -2.10. The van der Waals surface area contributed by atoms with Crippen LogP contribution in [-0.2, 0) is 6.61 Å². The number of carbonyl (C=O) groups is 1. The second kappa shape index (κ2) is 8.21. The zero-order chi connectivity index (χ0) is 21.1. The number of aryl methyl sites for hydroxylation is 2. The number of amides is 1. The molecule has 4 aromatic rings. The van der Waals surface area contributed by atoms with Crippen molar-refractivity contribution >= 4 is 17.2 Å². The Morgan fingerprint density at radius 3 is 2.70 bits per heavy atom. The number of pyridine rings is 1. The van der Waals surface area contributed by atoms with Gasteiger partial charge in [-0.2, -0.15) is 0 Å². The summed E-state index contributed by atoms with van der Waals surface area (Å²) in [6.07, 6.45) is 1.76. The molecule has 0 bridgehead atoms. The van der Waals surface area contributed by atoms with Crippen molar-refractivity contribution in [3.8, 4) is 5.75 Å². The highest BCUT2D eigenvalue weighted by Gasteiger charge is 2.09. The molecule has 0 saturated heterocycles. The zero-order valence-corrected chi connectivity index (χ0v) is 16.8. The topological polar surface area (TPSA) is 72.7 Å². The first-order chi connectivity index (χ1) is 14.5. The van der Waals surface area contributed by atoms with Gasteiger partial charge in [0.15, 0.2) is 0 Å². The van der Waals surface area contributed by atoms with Crippen LogP contribution in [0.3, 0.4) is 0 Å². The summed E-state index contributed by atoms with van der Waals surface area (Å²) in [5.74, 6) is 0.397. The highest BCUT2D eigenvalue weighted by molar-refractivity contribution is 6.05. The first-order valence-electron chi connectivity index (χ1n) is 9.58. The summed E-state index contributed by atoms with van der Waals surface area (Å²) in [4.78, 5) is 29.3. The molecule has 0 unspecified atom stereocenters. The Balaban J connectivity index is 1.48. The van der Waals surface area contributed by atoms with Crippen LogP contribution in [0.4, 0.5) is 5.69 Å². The Morgan fingerprint density at radius 2 is 1.87 bits per heavy atom. The van der Waals surface area contributed by atoms with Crippen LogP contribution in [0, 0.1) is 13.8 Å². The largest absolute Gasteiger partial charge is 0.487 e. The number of ether oxygens (including phenoxy) is 1. The predicted octanol–water partition coefficient (Wildman–Crippen LogP) is 4.14. The second-order valence-corrected chi connectivity index (χ2v) is 7.11. The van der Waals surface area contributed by atoms with E-state index in [1.54, 1.807) is 36.5 Å². The number of anilines is 1. The van der Waals surface area contributed by atoms with E-state index in [1.807, 2.05) is 44.2 Å². The lowest BCUT2D eigenvalue weighted by atomic mass is 10.1. The first-order valence-corrected chi connectivity index (χ1v) is 9.58. The van der Waals surface area contributed by atoms with Crippen molar-refractivity contribution in [2.75, 3.05) is 5.32 Å². The minimum absolute atomic E-state index is 0.148. The van der Waals surface area contributed by atoms with Gasteiger partial charge in [0.1, 0.15) is 18.0 Å². The first kappa shape index (κ1) is 19.4. The highest BCUT2D eigenvalue weighted by atomic mass is 16.5. The molecular weight excluding hydrogens is 378 g/mol. The van der Waals surface area contributed by atoms with E-state index in [2.05, 4.69) is 10.3 Å². The van der Waals surface area contributed by atoms with Crippen LogP contribution in [0.15, 0.2) is 77.7 Å². The minimum atomic E-state index is -0.176. The van der Waals surface area contributed by atoms with Gasteiger partial charge < -0.3 is 10.1 Å². The van der Waals surface area contributed by atoms with Crippen molar-refractivity contribution in [2.24, 2.45) is 0 Å². The number of carbonyl (C=O) groups excluding carboxylic acids is 1. The van der Waals surface area contributed by atoms with Crippen LogP contribution in [0.2, 0.25) is 0 Å². The molecule has 2 aromatic carbocycles. The molecule has 1 amide bonds. The van der Waals surface area contributed by atoms with Crippen molar-refractivity contribution in [3.05, 3.63) is 106 Å². The van der Waals surface area contributed by atoms with Crippen LogP contribution < -0.4 is 15.6 Å².